The van der Waals surface area contributed by atoms with Crippen LogP contribution in [0.25, 0.3) is 0 Å². The number of aliphatic hydroxyl groups is 1. The molecule has 1 aromatic rings. The van der Waals surface area contributed by atoms with Crippen LogP contribution in [0.15, 0.2) is 18.2 Å². The van der Waals surface area contributed by atoms with E-state index in [1.165, 1.54) is 7.11 Å². The summed E-state index contributed by atoms with van der Waals surface area (Å²) in [6.45, 7) is 0.488. The van der Waals surface area contributed by atoms with E-state index in [0.29, 0.717) is 30.0 Å². The molecule has 1 amide bonds. The molecule has 0 aliphatic heterocycles. The Labute approximate surface area is 94.2 Å². The first-order chi connectivity index (χ1) is 7.69. The number of nitrogen functional groups attached to an aromatic ring is 1. The van der Waals surface area contributed by atoms with Crippen molar-refractivity contribution in [1.82, 2.24) is 5.32 Å². The fourth-order valence-corrected chi connectivity index (χ4v) is 1.27. The van der Waals surface area contributed by atoms with E-state index in [9.17, 15) is 4.79 Å². The van der Waals surface area contributed by atoms with Crippen LogP contribution in [0, 0.1) is 0 Å². The molecule has 88 valence electrons. The maximum atomic E-state index is 11.7. The van der Waals surface area contributed by atoms with Gasteiger partial charge in [0.2, 0.25) is 0 Å². The number of nitrogens with one attached hydrogen (secondary N) is 1. The Kier molecular flexibility index (Phi) is 4.60. The topological polar surface area (TPSA) is 84.6 Å². The van der Waals surface area contributed by atoms with Gasteiger partial charge in [0.1, 0.15) is 5.75 Å². The lowest BCUT2D eigenvalue weighted by Crippen LogP contribution is -2.25. The van der Waals surface area contributed by atoms with Crippen molar-refractivity contribution in [3.63, 3.8) is 0 Å². The van der Waals surface area contributed by atoms with Crippen molar-refractivity contribution in [2.45, 2.75) is 6.42 Å². The van der Waals surface area contributed by atoms with E-state index in [-0.39, 0.29) is 12.5 Å². The van der Waals surface area contributed by atoms with Crippen LogP contribution in [0.2, 0.25) is 0 Å². The van der Waals surface area contributed by atoms with E-state index in [0.717, 1.165) is 0 Å². The predicted molar refractivity (Wildman–Crippen MR) is 61.4 cm³/mol. The molecular formula is C11H16N2O3. The summed E-state index contributed by atoms with van der Waals surface area (Å²) >= 11 is 0. The Morgan fingerprint density at radius 3 is 2.94 bits per heavy atom. The lowest BCUT2D eigenvalue weighted by atomic mass is 10.1. The van der Waals surface area contributed by atoms with Crippen LogP contribution in [0.1, 0.15) is 16.8 Å². The van der Waals surface area contributed by atoms with Crippen molar-refractivity contribution in [2.75, 3.05) is 26.0 Å². The maximum absolute atomic E-state index is 11.7. The highest BCUT2D eigenvalue weighted by molar-refractivity contribution is 5.97. The van der Waals surface area contributed by atoms with E-state index in [4.69, 9.17) is 15.6 Å². The molecule has 0 aliphatic carbocycles. The van der Waals surface area contributed by atoms with Gasteiger partial charge < -0.3 is 20.9 Å². The summed E-state index contributed by atoms with van der Waals surface area (Å²) in [6, 6.07) is 4.85. The molecule has 0 unspecified atom stereocenters. The van der Waals surface area contributed by atoms with Gasteiger partial charge in [-0.15, -0.1) is 0 Å². The average molecular weight is 224 g/mol. The minimum absolute atomic E-state index is 0.0547. The van der Waals surface area contributed by atoms with Gasteiger partial charge in [-0.1, -0.05) is 0 Å². The zero-order valence-corrected chi connectivity index (χ0v) is 9.19. The standard InChI is InChI=1S/C11H16N2O3/c1-16-10-7-8(12)3-4-9(10)11(15)13-5-2-6-14/h3-4,7,14H,2,5-6,12H2,1H3,(H,13,15). The van der Waals surface area contributed by atoms with Crippen LogP contribution in [0.4, 0.5) is 5.69 Å². The van der Waals surface area contributed by atoms with E-state index < -0.39 is 0 Å². The SMILES string of the molecule is COc1cc(N)ccc1C(=O)NCCCO. The maximum Gasteiger partial charge on any atom is 0.255 e. The number of hydrogen-bond donors (Lipinski definition) is 3. The summed E-state index contributed by atoms with van der Waals surface area (Å²) in [4.78, 5) is 11.7. The number of anilines is 1. The van der Waals surface area contributed by atoms with E-state index in [1.807, 2.05) is 0 Å². The van der Waals surface area contributed by atoms with Crippen LogP contribution in [-0.2, 0) is 0 Å². The molecule has 0 radical (unpaired) electrons. The van der Waals surface area contributed by atoms with Gasteiger partial charge in [0, 0.05) is 24.9 Å². The third kappa shape index (κ3) is 3.13. The molecule has 0 atom stereocenters. The number of carbonyl (C=O) groups excluding carboxylic acids is 1. The molecule has 1 rings (SSSR count). The number of benzene rings is 1. The summed E-state index contributed by atoms with van der Waals surface area (Å²) in [5.41, 5.74) is 6.56. The number of rotatable bonds is 5. The Balaban J connectivity index is 2.74. The number of amides is 1. The van der Waals surface area contributed by atoms with Gasteiger partial charge in [0.15, 0.2) is 0 Å². The summed E-state index contributed by atoms with van der Waals surface area (Å²) in [5, 5.41) is 11.3. The van der Waals surface area contributed by atoms with Crippen molar-refractivity contribution < 1.29 is 14.6 Å². The molecule has 0 bridgehead atoms. The van der Waals surface area contributed by atoms with Crippen molar-refractivity contribution >= 4 is 11.6 Å². The molecule has 0 spiro atoms. The van der Waals surface area contributed by atoms with Crippen LogP contribution in [0.5, 0.6) is 5.75 Å². The smallest absolute Gasteiger partial charge is 0.255 e. The van der Waals surface area contributed by atoms with Gasteiger partial charge in [-0.3, -0.25) is 4.79 Å². The van der Waals surface area contributed by atoms with Gasteiger partial charge in [-0.05, 0) is 18.6 Å². The lowest BCUT2D eigenvalue weighted by Gasteiger charge is -2.09. The third-order valence-electron chi connectivity index (χ3n) is 2.09. The second kappa shape index (κ2) is 5.97. The van der Waals surface area contributed by atoms with E-state index in [1.54, 1.807) is 18.2 Å². The quantitative estimate of drug-likeness (QED) is 0.499. The number of carbonyl (C=O) groups is 1. The Hall–Kier alpha value is -1.75. The first-order valence-corrected chi connectivity index (χ1v) is 5.01. The first-order valence-electron chi connectivity index (χ1n) is 5.01. The predicted octanol–water partition coefficient (Wildman–Crippen LogP) is 0.390. The highest BCUT2D eigenvalue weighted by Gasteiger charge is 2.11. The minimum atomic E-state index is -0.231. The van der Waals surface area contributed by atoms with Crippen molar-refractivity contribution in [3.05, 3.63) is 23.8 Å². The highest BCUT2D eigenvalue weighted by atomic mass is 16.5. The molecule has 16 heavy (non-hydrogen) atoms. The molecule has 0 fully saturated rings. The van der Waals surface area contributed by atoms with Gasteiger partial charge in [0.05, 0.1) is 12.7 Å². The van der Waals surface area contributed by atoms with Gasteiger partial charge in [0.25, 0.3) is 5.91 Å². The molecule has 0 saturated heterocycles. The summed E-state index contributed by atoms with van der Waals surface area (Å²) in [6.07, 6.45) is 0.531. The Morgan fingerprint density at radius 1 is 1.56 bits per heavy atom. The fourth-order valence-electron chi connectivity index (χ4n) is 1.27. The molecule has 5 nitrogen and oxygen atoms in total. The minimum Gasteiger partial charge on any atom is -0.496 e. The van der Waals surface area contributed by atoms with E-state index in [2.05, 4.69) is 5.32 Å². The van der Waals surface area contributed by atoms with Gasteiger partial charge >= 0.3 is 0 Å². The number of nitrogens with two attached hydrogens (primary N) is 1. The summed E-state index contributed by atoms with van der Waals surface area (Å²) in [7, 11) is 1.49. The summed E-state index contributed by atoms with van der Waals surface area (Å²) in [5.74, 6) is 0.215. The molecule has 0 saturated carbocycles. The number of aliphatic hydroxyl groups excluding tert-OH is 1. The van der Waals surface area contributed by atoms with Crippen LogP contribution < -0.4 is 15.8 Å². The third-order valence-corrected chi connectivity index (χ3v) is 2.09. The summed E-state index contributed by atoms with van der Waals surface area (Å²) < 4.78 is 5.06. The molecule has 1 aromatic carbocycles. The largest absolute Gasteiger partial charge is 0.496 e. The highest BCUT2D eigenvalue weighted by Crippen LogP contribution is 2.21. The van der Waals surface area contributed by atoms with Gasteiger partial charge in [-0.25, -0.2) is 0 Å². The van der Waals surface area contributed by atoms with Crippen molar-refractivity contribution in [2.24, 2.45) is 0 Å². The molecule has 5 heteroatoms. The molecular weight excluding hydrogens is 208 g/mol. The second-order valence-corrected chi connectivity index (χ2v) is 3.29. The Morgan fingerprint density at radius 2 is 2.31 bits per heavy atom. The fraction of sp³-hybridized carbons (Fsp3) is 0.364. The van der Waals surface area contributed by atoms with Crippen LogP contribution in [-0.4, -0.2) is 31.3 Å². The van der Waals surface area contributed by atoms with Crippen molar-refractivity contribution in [1.29, 1.82) is 0 Å². The first kappa shape index (κ1) is 12.3. The Bertz CT molecular complexity index is 366. The van der Waals surface area contributed by atoms with Crippen molar-refractivity contribution in [3.8, 4) is 5.75 Å². The normalized spacial score (nSPS) is 9.88. The zero-order valence-electron chi connectivity index (χ0n) is 9.19. The molecule has 0 aliphatic rings. The van der Waals surface area contributed by atoms with Gasteiger partial charge in [-0.2, -0.15) is 0 Å². The zero-order chi connectivity index (χ0) is 12.0. The molecule has 0 heterocycles. The molecule has 0 aromatic heterocycles. The number of methoxy groups -OCH3 is 1. The monoisotopic (exact) mass is 224 g/mol. The average Bonchev–Trinajstić information content (AvgIpc) is 2.29. The second-order valence-electron chi connectivity index (χ2n) is 3.29. The lowest BCUT2D eigenvalue weighted by molar-refractivity contribution is 0.0948. The number of hydrogen-bond acceptors (Lipinski definition) is 4. The van der Waals surface area contributed by atoms with Crippen LogP contribution >= 0.6 is 0 Å². The molecule has 4 N–H and O–H groups in total. The van der Waals surface area contributed by atoms with Crippen LogP contribution in [0.3, 0.4) is 0 Å². The van der Waals surface area contributed by atoms with E-state index >= 15 is 0 Å². The number of ether oxygens (including phenoxy) is 1.